The van der Waals surface area contributed by atoms with Crippen LogP contribution >= 0.6 is 0 Å². The molecule has 0 fully saturated rings. The van der Waals surface area contributed by atoms with Crippen LogP contribution in [0.25, 0.3) is 10.9 Å². The number of nitrogens with one attached hydrogen (secondary N) is 1. The quantitative estimate of drug-likeness (QED) is 0.693. The van der Waals surface area contributed by atoms with Crippen molar-refractivity contribution in [2.75, 3.05) is 11.1 Å². The third kappa shape index (κ3) is 2.20. The normalized spacial score (nSPS) is 10.8. The number of nitrogens with two attached hydrogens (primary N) is 1. The number of anilines is 2. The number of aromatic nitrogens is 4. The van der Waals surface area contributed by atoms with Crippen LogP contribution in [0.15, 0.2) is 36.9 Å². The second kappa shape index (κ2) is 4.56. The van der Waals surface area contributed by atoms with E-state index < -0.39 is 0 Å². The van der Waals surface area contributed by atoms with Crippen molar-refractivity contribution in [3.8, 4) is 0 Å². The van der Waals surface area contributed by atoms with E-state index in [0.29, 0.717) is 12.2 Å². The highest BCUT2D eigenvalue weighted by molar-refractivity contribution is 5.90. The van der Waals surface area contributed by atoms with Gasteiger partial charge in [-0.25, -0.2) is 15.0 Å². The van der Waals surface area contributed by atoms with Crippen molar-refractivity contribution in [1.29, 1.82) is 0 Å². The Balaban J connectivity index is 1.91. The van der Waals surface area contributed by atoms with E-state index in [1.165, 1.54) is 6.33 Å². The number of hydrogen-bond acceptors (Lipinski definition) is 5. The third-order valence-corrected chi connectivity index (χ3v) is 3.00. The monoisotopic (exact) mass is 254 g/mol. The molecule has 0 saturated carbocycles. The fourth-order valence-electron chi connectivity index (χ4n) is 1.94. The minimum Gasteiger partial charge on any atom is -0.399 e. The van der Waals surface area contributed by atoms with Gasteiger partial charge in [-0.3, -0.25) is 0 Å². The topological polar surface area (TPSA) is 81.7 Å². The minimum atomic E-state index is 0.611. The molecule has 0 amide bonds. The summed E-state index contributed by atoms with van der Waals surface area (Å²) in [5, 5.41) is 4.22. The molecule has 0 bridgehead atoms. The van der Waals surface area contributed by atoms with Gasteiger partial charge in [0.05, 0.1) is 12.1 Å². The maximum atomic E-state index is 5.75. The zero-order chi connectivity index (χ0) is 13.2. The molecular formula is C13H14N6. The smallest absolute Gasteiger partial charge is 0.137 e. The summed E-state index contributed by atoms with van der Waals surface area (Å²) in [5.41, 5.74) is 7.28. The van der Waals surface area contributed by atoms with E-state index in [4.69, 9.17) is 5.73 Å². The fraction of sp³-hybridized carbons (Fsp3) is 0.154. The van der Waals surface area contributed by atoms with Gasteiger partial charge in [-0.1, -0.05) is 0 Å². The molecule has 3 aromatic rings. The number of benzene rings is 1. The van der Waals surface area contributed by atoms with Crippen LogP contribution in [-0.2, 0) is 13.6 Å². The van der Waals surface area contributed by atoms with Crippen LogP contribution in [-0.4, -0.2) is 19.5 Å². The van der Waals surface area contributed by atoms with E-state index in [2.05, 4.69) is 20.3 Å². The highest BCUT2D eigenvalue weighted by Gasteiger charge is 2.05. The Bertz CT molecular complexity index is 718. The number of hydrogen-bond donors (Lipinski definition) is 2. The number of nitrogens with zero attached hydrogens (tertiary/aromatic N) is 4. The van der Waals surface area contributed by atoms with Crippen molar-refractivity contribution in [3.05, 3.63) is 42.7 Å². The van der Waals surface area contributed by atoms with Gasteiger partial charge in [0.15, 0.2) is 0 Å². The summed E-state index contributed by atoms with van der Waals surface area (Å²) in [6.45, 7) is 0.611. The zero-order valence-corrected chi connectivity index (χ0v) is 10.5. The molecule has 0 aliphatic carbocycles. The molecule has 0 unspecified atom stereocenters. The summed E-state index contributed by atoms with van der Waals surface area (Å²) in [6, 6.07) is 5.60. The van der Waals surface area contributed by atoms with Gasteiger partial charge in [-0.15, -0.1) is 0 Å². The van der Waals surface area contributed by atoms with Crippen molar-refractivity contribution in [2.24, 2.45) is 7.05 Å². The van der Waals surface area contributed by atoms with Crippen molar-refractivity contribution >= 4 is 22.4 Å². The maximum Gasteiger partial charge on any atom is 0.137 e. The van der Waals surface area contributed by atoms with Crippen LogP contribution in [0, 0.1) is 0 Å². The van der Waals surface area contributed by atoms with Gasteiger partial charge in [0.2, 0.25) is 0 Å². The Kier molecular flexibility index (Phi) is 2.75. The molecule has 2 heterocycles. The summed E-state index contributed by atoms with van der Waals surface area (Å²) in [4.78, 5) is 12.7. The van der Waals surface area contributed by atoms with E-state index in [-0.39, 0.29) is 0 Å². The van der Waals surface area contributed by atoms with Crippen LogP contribution in [0.4, 0.5) is 11.5 Å². The van der Waals surface area contributed by atoms with Crippen LogP contribution in [0.1, 0.15) is 5.82 Å². The molecule has 96 valence electrons. The molecule has 6 nitrogen and oxygen atoms in total. The van der Waals surface area contributed by atoms with Gasteiger partial charge in [0.1, 0.15) is 18.0 Å². The average molecular weight is 254 g/mol. The molecule has 6 heteroatoms. The van der Waals surface area contributed by atoms with Crippen molar-refractivity contribution in [2.45, 2.75) is 6.54 Å². The number of rotatable bonds is 3. The molecule has 0 aliphatic heterocycles. The van der Waals surface area contributed by atoms with Crippen LogP contribution in [0.3, 0.4) is 0 Å². The summed E-state index contributed by atoms with van der Waals surface area (Å²) in [7, 11) is 1.96. The molecule has 1 aromatic carbocycles. The molecule has 0 atom stereocenters. The number of aryl methyl sites for hydroxylation is 1. The lowest BCUT2D eigenvalue weighted by Crippen LogP contribution is -2.07. The Hall–Kier alpha value is -2.63. The molecule has 3 rings (SSSR count). The second-order valence-corrected chi connectivity index (χ2v) is 4.31. The third-order valence-electron chi connectivity index (χ3n) is 3.00. The number of imidazole rings is 1. The Morgan fingerprint density at radius 1 is 1.26 bits per heavy atom. The van der Waals surface area contributed by atoms with E-state index >= 15 is 0 Å². The highest BCUT2D eigenvalue weighted by Crippen LogP contribution is 2.21. The van der Waals surface area contributed by atoms with Crippen molar-refractivity contribution in [3.63, 3.8) is 0 Å². The first kappa shape index (κ1) is 11.5. The summed E-state index contributed by atoms with van der Waals surface area (Å²) in [5.74, 6) is 1.73. The SMILES string of the molecule is Cn1ccnc1CNc1ncnc2cc(N)ccc12. The summed E-state index contributed by atoms with van der Waals surface area (Å²) < 4.78 is 1.97. The first-order valence-corrected chi connectivity index (χ1v) is 5.94. The molecule has 0 aliphatic rings. The summed E-state index contributed by atoms with van der Waals surface area (Å²) in [6.07, 6.45) is 5.22. The van der Waals surface area contributed by atoms with Crippen LogP contribution in [0.2, 0.25) is 0 Å². The van der Waals surface area contributed by atoms with Gasteiger partial charge in [0.25, 0.3) is 0 Å². The maximum absolute atomic E-state index is 5.75. The van der Waals surface area contributed by atoms with E-state index in [9.17, 15) is 0 Å². The summed E-state index contributed by atoms with van der Waals surface area (Å²) >= 11 is 0. The standard InChI is InChI=1S/C13H14N6/c1-19-5-4-15-12(19)7-16-13-10-3-2-9(14)6-11(10)17-8-18-13/h2-6,8H,7,14H2,1H3,(H,16,17,18). The second-order valence-electron chi connectivity index (χ2n) is 4.31. The zero-order valence-electron chi connectivity index (χ0n) is 10.5. The van der Waals surface area contributed by atoms with Crippen molar-refractivity contribution in [1.82, 2.24) is 19.5 Å². The predicted molar refractivity (Wildman–Crippen MR) is 74.5 cm³/mol. The molecule has 2 aromatic heterocycles. The first-order valence-electron chi connectivity index (χ1n) is 5.94. The predicted octanol–water partition coefficient (Wildman–Crippen LogP) is 1.56. The molecule has 0 spiro atoms. The van der Waals surface area contributed by atoms with Gasteiger partial charge in [0, 0.05) is 30.5 Å². The Labute approximate surface area is 110 Å². The average Bonchev–Trinajstić information content (AvgIpc) is 2.81. The lowest BCUT2D eigenvalue weighted by atomic mass is 10.2. The van der Waals surface area contributed by atoms with E-state index in [1.807, 2.05) is 36.0 Å². The molecule has 19 heavy (non-hydrogen) atoms. The van der Waals surface area contributed by atoms with Crippen LogP contribution in [0.5, 0.6) is 0 Å². The Morgan fingerprint density at radius 3 is 2.95 bits per heavy atom. The highest BCUT2D eigenvalue weighted by atomic mass is 15.1. The lowest BCUT2D eigenvalue weighted by molar-refractivity contribution is 0.811. The van der Waals surface area contributed by atoms with E-state index in [1.54, 1.807) is 6.20 Å². The van der Waals surface area contributed by atoms with Gasteiger partial charge >= 0.3 is 0 Å². The Morgan fingerprint density at radius 2 is 2.16 bits per heavy atom. The molecule has 3 N–H and O–H groups in total. The lowest BCUT2D eigenvalue weighted by Gasteiger charge is -2.08. The van der Waals surface area contributed by atoms with Crippen molar-refractivity contribution < 1.29 is 0 Å². The fourth-order valence-corrected chi connectivity index (χ4v) is 1.94. The van der Waals surface area contributed by atoms with Gasteiger partial charge in [-0.2, -0.15) is 0 Å². The molecule has 0 radical (unpaired) electrons. The molecule has 0 saturated heterocycles. The van der Waals surface area contributed by atoms with Gasteiger partial charge in [-0.05, 0) is 18.2 Å². The van der Waals surface area contributed by atoms with Gasteiger partial charge < -0.3 is 15.6 Å². The van der Waals surface area contributed by atoms with E-state index in [0.717, 1.165) is 22.5 Å². The minimum absolute atomic E-state index is 0.611. The number of nitrogen functional groups attached to an aromatic ring is 1. The van der Waals surface area contributed by atoms with Crippen LogP contribution < -0.4 is 11.1 Å². The molecular weight excluding hydrogens is 240 g/mol. The largest absolute Gasteiger partial charge is 0.399 e. The first-order chi connectivity index (χ1) is 9.24. The number of fused-ring (bicyclic) bond motifs is 1.